The quantitative estimate of drug-likeness (QED) is 0.576. The zero-order chi connectivity index (χ0) is 19.0. The van der Waals surface area contributed by atoms with Crippen molar-refractivity contribution in [3.63, 3.8) is 0 Å². The Morgan fingerprint density at radius 3 is 2.65 bits per heavy atom. The van der Waals surface area contributed by atoms with E-state index in [2.05, 4.69) is 36.3 Å². The molecule has 0 unspecified atom stereocenters. The van der Waals surface area contributed by atoms with Crippen molar-refractivity contribution in [3.05, 3.63) is 35.1 Å². The average Bonchev–Trinajstić information content (AvgIpc) is 2.62. The lowest BCUT2D eigenvalue weighted by Crippen LogP contribution is -2.52. The summed E-state index contributed by atoms with van der Waals surface area (Å²) in [5.74, 6) is 0.646. The fourth-order valence-electron chi connectivity index (χ4n) is 3.14. The normalized spacial score (nSPS) is 16.6. The second-order valence-corrected chi connectivity index (χ2v) is 7.35. The van der Waals surface area contributed by atoms with E-state index in [1.165, 1.54) is 6.07 Å². The molecule has 0 saturated carbocycles. The third kappa shape index (κ3) is 6.25. The molecule has 1 aliphatic rings. The number of nitrogens with zero attached hydrogens (tertiary/aromatic N) is 2. The summed E-state index contributed by atoms with van der Waals surface area (Å²) in [4.78, 5) is 7.22. The maximum atomic E-state index is 13.2. The topological polar surface area (TPSA) is 48.9 Å². The molecule has 0 bridgehead atoms. The van der Waals surface area contributed by atoms with Crippen LogP contribution in [0.2, 0.25) is 0 Å². The van der Waals surface area contributed by atoms with E-state index >= 15 is 0 Å². The zero-order valence-corrected chi connectivity index (χ0v) is 16.6. The summed E-state index contributed by atoms with van der Waals surface area (Å²) in [5.41, 5.74) is 2.14. The predicted molar refractivity (Wildman–Crippen MR) is 105 cm³/mol. The SMILES string of the molecule is CCNC(=NCC(C)(C)N1CCOCC1)NCCc1ccc(F)cc1C. The van der Waals surface area contributed by atoms with E-state index in [0.717, 1.165) is 69.4 Å². The van der Waals surface area contributed by atoms with Gasteiger partial charge in [-0.1, -0.05) is 6.07 Å². The average molecular weight is 365 g/mol. The monoisotopic (exact) mass is 364 g/mol. The van der Waals surface area contributed by atoms with Gasteiger partial charge in [-0.05, 0) is 57.4 Å². The Bertz CT molecular complexity index is 597. The van der Waals surface area contributed by atoms with Gasteiger partial charge in [0, 0.05) is 31.7 Å². The third-order valence-corrected chi connectivity index (χ3v) is 4.83. The van der Waals surface area contributed by atoms with Gasteiger partial charge in [0.05, 0.1) is 19.8 Å². The predicted octanol–water partition coefficient (Wildman–Crippen LogP) is 2.34. The Balaban J connectivity index is 1.89. The first kappa shape index (κ1) is 20.6. The molecule has 6 heteroatoms. The van der Waals surface area contributed by atoms with E-state index in [4.69, 9.17) is 9.73 Å². The van der Waals surface area contributed by atoms with Crippen molar-refractivity contribution in [1.29, 1.82) is 0 Å². The maximum absolute atomic E-state index is 13.2. The van der Waals surface area contributed by atoms with Crippen molar-refractivity contribution < 1.29 is 9.13 Å². The minimum atomic E-state index is -0.181. The molecule has 2 N–H and O–H groups in total. The molecule has 0 aromatic heterocycles. The van der Waals surface area contributed by atoms with Gasteiger partial charge in [-0.15, -0.1) is 0 Å². The van der Waals surface area contributed by atoms with E-state index in [1.54, 1.807) is 6.07 Å². The van der Waals surface area contributed by atoms with Crippen LogP contribution in [-0.2, 0) is 11.2 Å². The molecule has 1 aromatic carbocycles. The van der Waals surface area contributed by atoms with Gasteiger partial charge in [0.1, 0.15) is 5.82 Å². The van der Waals surface area contributed by atoms with E-state index in [9.17, 15) is 4.39 Å². The Kier molecular flexibility index (Phi) is 7.85. The first-order chi connectivity index (χ1) is 12.4. The molecule has 0 amide bonds. The highest BCUT2D eigenvalue weighted by Gasteiger charge is 2.28. The van der Waals surface area contributed by atoms with Crippen molar-refractivity contribution in [1.82, 2.24) is 15.5 Å². The Morgan fingerprint density at radius 2 is 2.00 bits per heavy atom. The molecule has 0 radical (unpaired) electrons. The molecule has 0 aliphatic carbocycles. The number of rotatable bonds is 7. The molecule has 0 atom stereocenters. The number of ether oxygens (including phenoxy) is 1. The summed E-state index contributed by atoms with van der Waals surface area (Å²) in [7, 11) is 0. The van der Waals surface area contributed by atoms with Crippen molar-refractivity contribution in [2.75, 3.05) is 45.9 Å². The highest BCUT2D eigenvalue weighted by Crippen LogP contribution is 2.16. The summed E-state index contributed by atoms with van der Waals surface area (Å²) in [6.07, 6.45) is 0.837. The number of benzene rings is 1. The van der Waals surface area contributed by atoms with E-state index in [-0.39, 0.29) is 11.4 Å². The van der Waals surface area contributed by atoms with Gasteiger partial charge < -0.3 is 15.4 Å². The fourth-order valence-corrected chi connectivity index (χ4v) is 3.14. The maximum Gasteiger partial charge on any atom is 0.191 e. The number of aryl methyl sites for hydroxylation is 1. The van der Waals surface area contributed by atoms with Crippen LogP contribution in [0, 0.1) is 12.7 Å². The van der Waals surface area contributed by atoms with Gasteiger partial charge in [-0.3, -0.25) is 9.89 Å². The van der Waals surface area contributed by atoms with Crippen molar-refractivity contribution in [2.24, 2.45) is 4.99 Å². The zero-order valence-electron chi connectivity index (χ0n) is 16.6. The smallest absolute Gasteiger partial charge is 0.191 e. The first-order valence-electron chi connectivity index (χ1n) is 9.52. The fraction of sp³-hybridized carbons (Fsp3) is 0.650. The van der Waals surface area contributed by atoms with Crippen molar-refractivity contribution in [3.8, 4) is 0 Å². The standard InChI is InChI=1S/C20H33FN4O/c1-5-22-19(23-9-8-17-6-7-18(21)14-16(17)2)24-15-20(3,4)25-10-12-26-13-11-25/h6-7,14H,5,8-13,15H2,1-4H3,(H2,22,23,24). The molecule has 1 fully saturated rings. The summed E-state index contributed by atoms with van der Waals surface area (Å²) in [6.45, 7) is 14.3. The van der Waals surface area contributed by atoms with Gasteiger partial charge in [0.25, 0.3) is 0 Å². The number of aliphatic imine (C=N–C) groups is 1. The molecule has 1 heterocycles. The van der Waals surface area contributed by atoms with Gasteiger partial charge in [0.2, 0.25) is 0 Å². The minimum Gasteiger partial charge on any atom is -0.379 e. The van der Waals surface area contributed by atoms with Crippen LogP contribution < -0.4 is 10.6 Å². The molecule has 0 spiro atoms. The highest BCUT2D eigenvalue weighted by atomic mass is 19.1. The molecule has 2 rings (SSSR count). The molecule has 1 aromatic rings. The summed E-state index contributed by atoms with van der Waals surface area (Å²) < 4.78 is 18.7. The molecule has 5 nitrogen and oxygen atoms in total. The Morgan fingerprint density at radius 1 is 1.27 bits per heavy atom. The van der Waals surface area contributed by atoms with Crippen LogP contribution in [0.15, 0.2) is 23.2 Å². The number of hydrogen-bond acceptors (Lipinski definition) is 3. The summed E-state index contributed by atoms with van der Waals surface area (Å²) in [6, 6.07) is 4.96. The van der Waals surface area contributed by atoms with E-state index < -0.39 is 0 Å². The van der Waals surface area contributed by atoms with E-state index in [0.29, 0.717) is 0 Å². The Hall–Kier alpha value is -1.66. The second kappa shape index (κ2) is 9.88. The van der Waals surface area contributed by atoms with Crippen LogP contribution in [-0.4, -0.2) is 62.3 Å². The summed E-state index contributed by atoms with van der Waals surface area (Å²) >= 11 is 0. The highest BCUT2D eigenvalue weighted by molar-refractivity contribution is 5.79. The first-order valence-corrected chi connectivity index (χ1v) is 9.52. The number of guanidine groups is 1. The van der Waals surface area contributed by atoms with Crippen molar-refractivity contribution in [2.45, 2.75) is 39.7 Å². The van der Waals surface area contributed by atoms with Crippen LogP contribution >= 0.6 is 0 Å². The van der Waals surface area contributed by atoms with Crippen LogP contribution in [0.25, 0.3) is 0 Å². The van der Waals surface area contributed by atoms with Crippen LogP contribution in [0.5, 0.6) is 0 Å². The number of halogens is 1. The lowest BCUT2D eigenvalue weighted by molar-refractivity contribution is -0.00683. The second-order valence-electron chi connectivity index (χ2n) is 7.35. The lowest BCUT2D eigenvalue weighted by Gasteiger charge is -2.39. The molecule has 1 saturated heterocycles. The lowest BCUT2D eigenvalue weighted by atomic mass is 10.0. The molecular weight excluding hydrogens is 331 g/mol. The van der Waals surface area contributed by atoms with Gasteiger partial charge >= 0.3 is 0 Å². The molecular formula is C20H33FN4O. The van der Waals surface area contributed by atoms with Gasteiger partial charge in [0.15, 0.2) is 5.96 Å². The Labute approximate surface area is 157 Å². The van der Waals surface area contributed by atoms with Crippen LogP contribution in [0.3, 0.4) is 0 Å². The largest absolute Gasteiger partial charge is 0.379 e. The number of nitrogens with one attached hydrogen (secondary N) is 2. The number of morpholine rings is 1. The minimum absolute atomic E-state index is 0.000321. The third-order valence-electron chi connectivity index (χ3n) is 4.83. The van der Waals surface area contributed by atoms with Gasteiger partial charge in [-0.2, -0.15) is 0 Å². The molecule has 1 aliphatic heterocycles. The van der Waals surface area contributed by atoms with E-state index in [1.807, 2.05) is 13.0 Å². The summed E-state index contributed by atoms with van der Waals surface area (Å²) in [5, 5.41) is 6.69. The number of hydrogen-bond donors (Lipinski definition) is 2. The molecule has 146 valence electrons. The van der Waals surface area contributed by atoms with Crippen molar-refractivity contribution >= 4 is 5.96 Å². The van der Waals surface area contributed by atoms with Crippen LogP contribution in [0.4, 0.5) is 4.39 Å². The molecule has 26 heavy (non-hydrogen) atoms. The van der Waals surface area contributed by atoms with Crippen LogP contribution in [0.1, 0.15) is 31.9 Å². The van der Waals surface area contributed by atoms with Gasteiger partial charge in [-0.25, -0.2) is 4.39 Å².